The Morgan fingerprint density at radius 3 is 2.43 bits per heavy atom. The van der Waals surface area contributed by atoms with Gasteiger partial charge in [0.15, 0.2) is 0 Å². The van der Waals surface area contributed by atoms with Crippen molar-refractivity contribution in [3.8, 4) is 16.9 Å². The van der Waals surface area contributed by atoms with Crippen molar-refractivity contribution >= 4 is 28.9 Å². The Morgan fingerprint density at radius 1 is 0.935 bits per heavy atom. The van der Waals surface area contributed by atoms with Crippen LogP contribution in [0.3, 0.4) is 0 Å². The summed E-state index contributed by atoms with van der Waals surface area (Å²) in [5.74, 6) is 1.35. The fourth-order valence-electron chi connectivity index (χ4n) is 6.44. The summed E-state index contributed by atoms with van der Waals surface area (Å²) in [7, 11) is 0. The second-order valence-corrected chi connectivity index (χ2v) is 12.4. The molecular formula is C38H48N4O4. The summed E-state index contributed by atoms with van der Waals surface area (Å²) < 4.78 is 7.31. The number of carbonyl (C=O) groups is 2. The number of urea groups is 1. The third kappa shape index (κ3) is 8.47. The average Bonchev–Trinajstić information content (AvgIpc) is 3.40. The van der Waals surface area contributed by atoms with Gasteiger partial charge in [0.25, 0.3) is 0 Å². The van der Waals surface area contributed by atoms with Gasteiger partial charge >= 0.3 is 12.2 Å². The summed E-state index contributed by atoms with van der Waals surface area (Å²) in [6, 6.07) is 21.8. The van der Waals surface area contributed by atoms with Gasteiger partial charge in [-0.1, -0.05) is 101 Å². The number of benzene rings is 3. The lowest BCUT2D eigenvalue weighted by molar-refractivity contribution is 0.144. The highest BCUT2D eigenvalue weighted by molar-refractivity contribution is 5.94. The second-order valence-electron chi connectivity index (χ2n) is 12.4. The number of aromatic nitrogens is 2. The molecule has 2 amide bonds. The molecule has 1 aliphatic rings. The first-order valence-electron chi connectivity index (χ1n) is 17.1. The Bertz CT molecular complexity index is 1590. The lowest BCUT2D eigenvalue weighted by atomic mass is 9.96. The van der Waals surface area contributed by atoms with Crippen molar-refractivity contribution in [3.05, 3.63) is 78.1 Å². The summed E-state index contributed by atoms with van der Waals surface area (Å²) in [4.78, 5) is 31.9. The zero-order valence-corrected chi connectivity index (χ0v) is 27.3. The van der Waals surface area contributed by atoms with Gasteiger partial charge in [-0.3, -0.25) is 4.90 Å². The quantitative estimate of drug-likeness (QED) is 0.0827. The Balaban J connectivity index is 1.44. The van der Waals surface area contributed by atoms with Crippen LogP contribution in [0.1, 0.15) is 95.9 Å². The van der Waals surface area contributed by atoms with Crippen LogP contribution in [0.25, 0.3) is 22.2 Å². The molecule has 46 heavy (non-hydrogen) atoms. The summed E-state index contributed by atoms with van der Waals surface area (Å²) >= 11 is 0. The molecule has 0 aliphatic heterocycles. The molecule has 1 saturated carbocycles. The number of hydrogen-bond acceptors (Lipinski definition) is 4. The molecule has 3 aromatic carbocycles. The number of anilines is 1. The molecule has 2 N–H and O–H groups in total. The van der Waals surface area contributed by atoms with E-state index in [2.05, 4.69) is 54.1 Å². The van der Waals surface area contributed by atoms with Gasteiger partial charge < -0.3 is 19.7 Å². The largest absolute Gasteiger partial charge is 0.511 e. The zero-order valence-electron chi connectivity index (χ0n) is 27.3. The highest BCUT2D eigenvalue weighted by Gasteiger charge is 2.22. The van der Waals surface area contributed by atoms with E-state index in [1.807, 2.05) is 29.2 Å². The van der Waals surface area contributed by atoms with Gasteiger partial charge in [-0.2, -0.15) is 0 Å². The number of nitrogens with one attached hydrogen (secondary N) is 1. The molecule has 8 heteroatoms. The number of unbranched alkanes of at least 4 members (excludes halogenated alkanes) is 4. The number of carbonyl (C=O) groups excluding carboxylic acids is 1. The van der Waals surface area contributed by atoms with Gasteiger partial charge in [-0.25, -0.2) is 14.6 Å². The van der Waals surface area contributed by atoms with E-state index in [4.69, 9.17) is 14.8 Å². The Labute approximate surface area is 272 Å². The van der Waals surface area contributed by atoms with Crippen LogP contribution in [0.15, 0.2) is 66.7 Å². The van der Waals surface area contributed by atoms with Gasteiger partial charge in [0, 0.05) is 36.8 Å². The van der Waals surface area contributed by atoms with E-state index in [1.165, 1.54) is 25.7 Å². The first-order chi connectivity index (χ1) is 22.5. The van der Waals surface area contributed by atoms with Crippen LogP contribution < -0.4 is 15.0 Å². The molecule has 0 bridgehead atoms. The molecule has 244 valence electrons. The highest BCUT2D eigenvalue weighted by Crippen LogP contribution is 2.31. The third-order valence-electron chi connectivity index (χ3n) is 8.98. The molecule has 0 radical (unpaired) electrons. The fourth-order valence-corrected chi connectivity index (χ4v) is 6.44. The van der Waals surface area contributed by atoms with Gasteiger partial charge in [-0.15, -0.1) is 0 Å². The van der Waals surface area contributed by atoms with Crippen molar-refractivity contribution in [2.24, 2.45) is 0 Å². The number of para-hydroxylation sites is 1. The minimum Gasteiger partial charge on any atom is -0.449 e. The van der Waals surface area contributed by atoms with Crippen molar-refractivity contribution < 1.29 is 19.4 Å². The van der Waals surface area contributed by atoms with Crippen LogP contribution >= 0.6 is 0 Å². The van der Waals surface area contributed by atoms with Crippen LogP contribution in [0.4, 0.5) is 15.3 Å². The monoisotopic (exact) mass is 624 g/mol. The van der Waals surface area contributed by atoms with E-state index in [1.54, 1.807) is 12.1 Å². The second kappa shape index (κ2) is 16.3. The van der Waals surface area contributed by atoms with E-state index in [0.29, 0.717) is 18.8 Å². The van der Waals surface area contributed by atoms with Crippen LogP contribution in [0.5, 0.6) is 5.75 Å². The number of nitrogens with zero attached hydrogens (tertiary/aromatic N) is 3. The summed E-state index contributed by atoms with van der Waals surface area (Å²) in [6.45, 7) is 5.73. The smallest absolute Gasteiger partial charge is 0.449 e. The summed E-state index contributed by atoms with van der Waals surface area (Å²) in [5, 5.41) is 12.5. The third-order valence-corrected chi connectivity index (χ3v) is 8.98. The van der Waals surface area contributed by atoms with E-state index in [-0.39, 0.29) is 12.1 Å². The lowest BCUT2D eigenvalue weighted by Crippen LogP contribution is -2.46. The van der Waals surface area contributed by atoms with Crippen LogP contribution in [0, 0.1) is 0 Å². The van der Waals surface area contributed by atoms with Crippen molar-refractivity contribution in [1.82, 2.24) is 14.9 Å². The van der Waals surface area contributed by atoms with Crippen molar-refractivity contribution in [1.29, 1.82) is 0 Å². The summed E-state index contributed by atoms with van der Waals surface area (Å²) in [6.07, 6.45) is 11.8. The molecule has 1 aliphatic carbocycles. The minimum atomic E-state index is -1.33. The Hall–Kier alpha value is -4.33. The zero-order chi connectivity index (χ0) is 32.3. The van der Waals surface area contributed by atoms with Crippen molar-refractivity contribution in [2.75, 3.05) is 11.4 Å². The first kappa shape index (κ1) is 33.0. The Morgan fingerprint density at radius 2 is 1.70 bits per heavy atom. The van der Waals surface area contributed by atoms with Crippen LogP contribution in [0.2, 0.25) is 0 Å². The maximum atomic E-state index is 13.7. The molecule has 0 saturated heterocycles. The highest BCUT2D eigenvalue weighted by atomic mass is 16.7. The molecule has 8 nitrogen and oxygen atoms in total. The van der Waals surface area contributed by atoms with Crippen LogP contribution in [-0.2, 0) is 13.0 Å². The normalized spacial score (nSPS) is 13.5. The topological polar surface area (TPSA) is 96.7 Å². The van der Waals surface area contributed by atoms with E-state index >= 15 is 0 Å². The minimum absolute atomic E-state index is 0.00256. The molecule has 4 aromatic rings. The summed E-state index contributed by atoms with van der Waals surface area (Å²) in [5.41, 5.74) is 5.58. The molecule has 0 unspecified atom stereocenters. The van der Waals surface area contributed by atoms with Crippen molar-refractivity contribution in [2.45, 2.75) is 103 Å². The molecule has 1 heterocycles. The molecule has 0 spiro atoms. The maximum Gasteiger partial charge on any atom is 0.511 e. The number of ether oxygens (including phenoxy) is 1. The number of imidazole rings is 1. The number of amides is 2. The van der Waals surface area contributed by atoms with Gasteiger partial charge in [0.1, 0.15) is 11.6 Å². The Kier molecular flexibility index (Phi) is 11.7. The van der Waals surface area contributed by atoms with Gasteiger partial charge in [-0.05, 0) is 61.1 Å². The first-order valence-corrected chi connectivity index (χ1v) is 17.1. The molecular weight excluding hydrogens is 576 g/mol. The SMILES string of the molecule is CCCCCCN(C(=O)NC1CCCCC1)c1ccc2nc(CCCC)n(Cc3ccc(-c4ccccc4OC(=O)O)cc3)c2c1. The van der Waals surface area contributed by atoms with E-state index in [0.717, 1.165) is 90.6 Å². The van der Waals surface area contributed by atoms with E-state index < -0.39 is 6.16 Å². The van der Waals surface area contributed by atoms with Crippen LogP contribution in [-0.4, -0.2) is 39.4 Å². The number of hydrogen-bond donors (Lipinski definition) is 2. The molecule has 0 atom stereocenters. The molecule has 5 rings (SSSR count). The molecule has 1 aromatic heterocycles. The average molecular weight is 625 g/mol. The van der Waals surface area contributed by atoms with Gasteiger partial charge in [0.2, 0.25) is 0 Å². The maximum absolute atomic E-state index is 13.7. The number of carboxylic acid groups (broad SMARTS) is 1. The molecule has 1 fully saturated rings. The van der Waals surface area contributed by atoms with Crippen molar-refractivity contribution in [3.63, 3.8) is 0 Å². The number of fused-ring (bicyclic) bond motifs is 1. The predicted octanol–water partition coefficient (Wildman–Crippen LogP) is 9.58. The predicted molar refractivity (Wildman–Crippen MR) is 185 cm³/mol. The number of rotatable bonds is 14. The lowest BCUT2D eigenvalue weighted by Gasteiger charge is -2.28. The number of aryl methyl sites for hydroxylation is 1. The fraction of sp³-hybridized carbons (Fsp3) is 0.447. The standard InChI is InChI=1S/C38H48N4O4/c1-3-5-7-13-25-41(37(43)39-30-14-9-8-10-15-30)31-23-24-33-34(26-31)42(36(40-33)18-6-4-2)27-28-19-21-29(22-20-28)32-16-11-12-17-35(32)46-38(44)45/h11-12,16-17,19-24,26,30H,3-10,13-15,18,25,27H2,1-2H3,(H,39,43)(H,44,45). The van der Waals surface area contributed by atoms with Gasteiger partial charge in [0.05, 0.1) is 11.0 Å². The van der Waals surface area contributed by atoms with E-state index in [9.17, 15) is 9.59 Å².